The van der Waals surface area contributed by atoms with Crippen LogP contribution in [-0.2, 0) is 41.4 Å². The standard InChI is InChI=1S/C44H54Cl2N6O10/c45-31-13-33(47)23-1-7-59-37(23)35(31)39(53)49-15-25-27-17-51(18-28(25)27)21-43(3-9-57-10-4-43)61-41(55)42(56)62-44(5-11-58-12-6-44)22-52-19-29-26(30(29)20-52)16-50-40(54)36-32(46)14-34(48)24-2-8-60-38(24)36/h13-14,25-30H,1-12,15-22,47-48H2,(H,49,53)(H,50,54). The van der Waals surface area contributed by atoms with Gasteiger partial charge in [-0.15, -0.1) is 0 Å². The number of anilines is 2. The number of nitrogens with one attached hydrogen (secondary N) is 2. The number of rotatable bonds is 12. The number of benzene rings is 2. The van der Waals surface area contributed by atoms with Gasteiger partial charge in [0.1, 0.15) is 33.8 Å². The highest BCUT2D eigenvalue weighted by molar-refractivity contribution is 6.35. The molecule has 4 atom stereocenters. The molecule has 16 nitrogen and oxygen atoms in total. The number of ether oxygens (including phenoxy) is 6. The molecule has 6 N–H and O–H groups in total. The van der Waals surface area contributed by atoms with Gasteiger partial charge in [-0.25, -0.2) is 9.59 Å². The Morgan fingerprint density at radius 3 is 1.37 bits per heavy atom. The van der Waals surface area contributed by atoms with E-state index in [9.17, 15) is 19.2 Å². The van der Waals surface area contributed by atoms with Gasteiger partial charge < -0.3 is 50.5 Å². The van der Waals surface area contributed by atoms with Crippen LogP contribution in [0.5, 0.6) is 11.5 Å². The van der Waals surface area contributed by atoms with E-state index in [-0.39, 0.29) is 21.9 Å². The summed E-state index contributed by atoms with van der Waals surface area (Å²) in [5, 5.41) is 6.71. The summed E-state index contributed by atoms with van der Waals surface area (Å²) in [5.41, 5.74) is 13.9. The SMILES string of the molecule is Nc1cc(Cl)c(C(=O)NCC2C3CN(CC4(OC(=O)C(=O)OC5(CN6CC7C(CNC(=O)c8c(Cl)cc(N)c9c8OCC9)C7C6)CCOCC5)CCOCC4)CC23)c2c1CCO2. The molecule has 0 radical (unpaired) electrons. The van der Waals surface area contributed by atoms with Crippen molar-refractivity contribution in [1.82, 2.24) is 20.4 Å². The number of nitrogen functional groups attached to an aromatic ring is 2. The molecule has 62 heavy (non-hydrogen) atoms. The number of esters is 2. The Hall–Kier alpha value is -4.06. The summed E-state index contributed by atoms with van der Waals surface area (Å²) in [7, 11) is 0. The predicted octanol–water partition coefficient (Wildman–Crippen LogP) is 2.73. The van der Waals surface area contributed by atoms with Crippen LogP contribution in [0, 0.1) is 35.5 Å². The van der Waals surface area contributed by atoms with Crippen LogP contribution < -0.4 is 31.6 Å². The molecule has 4 unspecified atom stereocenters. The minimum Gasteiger partial charge on any atom is -0.492 e. The molecule has 2 aromatic carbocycles. The largest absolute Gasteiger partial charge is 0.492 e. The Morgan fingerprint density at radius 1 is 0.629 bits per heavy atom. The summed E-state index contributed by atoms with van der Waals surface area (Å²) in [4.78, 5) is 58.4. The summed E-state index contributed by atoms with van der Waals surface area (Å²) in [5.74, 6) is 0.768. The van der Waals surface area contributed by atoms with Crippen LogP contribution >= 0.6 is 23.2 Å². The summed E-state index contributed by atoms with van der Waals surface area (Å²) in [6, 6.07) is 3.24. The molecule has 4 saturated heterocycles. The summed E-state index contributed by atoms with van der Waals surface area (Å²) >= 11 is 12.9. The first kappa shape index (κ1) is 41.9. The second-order valence-corrected chi connectivity index (χ2v) is 19.4. The highest BCUT2D eigenvalue weighted by Gasteiger charge is 2.58. The van der Waals surface area contributed by atoms with Gasteiger partial charge in [-0.05, 0) is 47.6 Å². The lowest BCUT2D eigenvalue weighted by molar-refractivity contribution is -0.198. The number of fused-ring (bicyclic) bond motifs is 4. The molecule has 6 aliphatic heterocycles. The first-order valence-electron chi connectivity index (χ1n) is 22.0. The molecule has 2 aliphatic carbocycles. The predicted molar refractivity (Wildman–Crippen MR) is 226 cm³/mol. The highest BCUT2D eigenvalue weighted by Crippen LogP contribution is 2.53. The fourth-order valence-corrected chi connectivity index (χ4v) is 12.0. The van der Waals surface area contributed by atoms with Crippen molar-refractivity contribution >= 4 is 58.3 Å². The van der Waals surface area contributed by atoms with Gasteiger partial charge in [-0.2, -0.15) is 0 Å². The Bertz CT molecular complexity index is 1990. The van der Waals surface area contributed by atoms with E-state index in [0.29, 0.717) is 174 Å². The smallest absolute Gasteiger partial charge is 0.418 e. The molecule has 0 spiro atoms. The number of likely N-dealkylation sites (tertiary alicyclic amines) is 2. The second kappa shape index (κ2) is 16.5. The number of carbonyl (C=O) groups is 4. The summed E-state index contributed by atoms with van der Waals surface area (Å²) in [6.45, 7) is 7.89. The monoisotopic (exact) mass is 896 g/mol. The minimum atomic E-state index is -0.975. The second-order valence-electron chi connectivity index (χ2n) is 18.6. The van der Waals surface area contributed by atoms with E-state index in [1.807, 2.05) is 0 Å². The van der Waals surface area contributed by atoms with Crippen LogP contribution in [0.4, 0.5) is 11.4 Å². The average Bonchev–Trinajstić information content (AvgIpc) is 3.68. The van der Waals surface area contributed by atoms with Gasteiger partial charge >= 0.3 is 11.9 Å². The van der Waals surface area contributed by atoms with Gasteiger partial charge in [0, 0.05) is 113 Å². The van der Waals surface area contributed by atoms with Crippen molar-refractivity contribution in [2.24, 2.45) is 35.5 Å². The molecule has 2 saturated carbocycles. The molecular weight excluding hydrogens is 843 g/mol. The van der Waals surface area contributed by atoms with Crippen molar-refractivity contribution in [3.8, 4) is 11.5 Å². The van der Waals surface area contributed by atoms with Gasteiger partial charge in [0.15, 0.2) is 0 Å². The van der Waals surface area contributed by atoms with Crippen molar-refractivity contribution in [2.45, 2.75) is 49.7 Å². The Kier molecular flexibility index (Phi) is 11.2. The van der Waals surface area contributed by atoms with Gasteiger partial charge in [-0.3, -0.25) is 19.4 Å². The molecule has 8 aliphatic rings. The van der Waals surface area contributed by atoms with Crippen LogP contribution in [0.3, 0.4) is 0 Å². The Labute approximate surface area is 369 Å². The normalized spacial score (nSPS) is 28.7. The van der Waals surface area contributed by atoms with E-state index in [2.05, 4.69) is 20.4 Å². The van der Waals surface area contributed by atoms with Gasteiger partial charge in [0.05, 0.1) is 49.7 Å². The number of amides is 2. The van der Waals surface area contributed by atoms with Crippen molar-refractivity contribution in [2.75, 3.05) is 103 Å². The maximum atomic E-state index is 13.7. The van der Waals surface area contributed by atoms with Crippen LogP contribution in [0.2, 0.25) is 10.0 Å². The lowest BCUT2D eigenvalue weighted by atomic mass is 9.92. The number of piperidine rings is 2. The number of nitrogens with zero attached hydrogens (tertiary/aromatic N) is 2. The van der Waals surface area contributed by atoms with E-state index in [4.69, 9.17) is 63.1 Å². The van der Waals surface area contributed by atoms with Gasteiger partial charge in [0.25, 0.3) is 11.8 Å². The first-order chi connectivity index (χ1) is 29.9. The zero-order chi connectivity index (χ0) is 42.9. The zero-order valence-corrected chi connectivity index (χ0v) is 36.2. The van der Waals surface area contributed by atoms with E-state index in [0.717, 1.165) is 37.3 Å². The molecule has 10 rings (SSSR count). The number of nitrogens with two attached hydrogens (primary N) is 2. The number of carbonyl (C=O) groups excluding carboxylic acids is 4. The lowest BCUT2D eigenvalue weighted by Crippen LogP contribution is -2.53. The van der Waals surface area contributed by atoms with E-state index < -0.39 is 23.1 Å². The zero-order valence-electron chi connectivity index (χ0n) is 34.6. The van der Waals surface area contributed by atoms with Crippen molar-refractivity contribution < 1.29 is 47.6 Å². The topological polar surface area (TPSA) is 206 Å². The summed E-state index contributed by atoms with van der Waals surface area (Å²) in [6.07, 6.45) is 3.21. The van der Waals surface area contributed by atoms with E-state index in [1.54, 1.807) is 12.1 Å². The first-order valence-corrected chi connectivity index (χ1v) is 22.8. The summed E-state index contributed by atoms with van der Waals surface area (Å²) < 4.78 is 35.1. The van der Waals surface area contributed by atoms with Crippen molar-refractivity contribution in [3.63, 3.8) is 0 Å². The maximum absolute atomic E-state index is 13.7. The van der Waals surface area contributed by atoms with E-state index >= 15 is 0 Å². The molecule has 0 aromatic heterocycles. The van der Waals surface area contributed by atoms with Crippen LogP contribution in [-0.4, -0.2) is 137 Å². The lowest BCUT2D eigenvalue weighted by Gasteiger charge is -2.41. The fourth-order valence-electron chi connectivity index (χ4n) is 11.4. The third-order valence-corrected chi connectivity index (χ3v) is 15.5. The number of hydrogen-bond acceptors (Lipinski definition) is 14. The van der Waals surface area contributed by atoms with Crippen LogP contribution in [0.25, 0.3) is 0 Å². The highest BCUT2D eigenvalue weighted by atomic mass is 35.5. The molecular formula is C44H54Cl2N6O10. The van der Waals surface area contributed by atoms with Crippen LogP contribution in [0.15, 0.2) is 12.1 Å². The molecule has 2 aromatic rings. The van der Waals surface area contributed by atoms with Gasteiger partial charge in [-0.1, -0.05) is 23.2 Å². The van der Waals surface area contributed by atoms with Crippen molar-refractivity contribution in [3.05, 3.63) is 44.4 Å². The Balaban J connectivity index is 0.700. The fraction of sp³-hybridized carbons (Fsp3) is 0.636. The molecule has 6 fully saturated rings. The van der Waals surface area contributed by atoms with Crippen molar-refractivity contribution in [1.29, 1.82) is 0 Å². The van der Waals surface area contributed by atoms with E-state index in [1.165, 1.54) is 0 Å². The number of hydrogen-bond donors (Lipinski definition) is 4. The third kappa shape index (κ3) is 7.93. The molecule has 18 heteroatoms. The third-order valence-electron chi connectivity index (χ3n) is 14.9. The Morgan fingerprint density at radius 2 is 1.00 bits per heavy atom. The average molecular weight is 898 g/mol. The van der Waals surface area contributed by atoms with Crippen LogP contribution in [0.1, 0.15) is 57.5 Å². The molecule has 6 heterocycles. The molecule has 0 bridgehead atoms. The molecule has 2 amide bonds. The minimum absolute atomic E-state index is 0.262. The molecule has 334 valence electrons. The van der Waals surface area contributed by atoms with Gasteiger partial charge in [0.2, 0.25) is 0 Å². The number of halogens is 2. The maximum Gasteiger partial charge on any atom is 0.418 e. The quantitative estimate of drug-likeness (QED) is 0.138.